The lowest BCUT2D eigenvalue weighted by Crippen LogP contribution is -2.13. The quantitative estimate of drug-likeness (QED) is 0.718. The number of nitrogens with one attached hydrogen (secondary N) is 1. The van der Waals surface area contributed by atoms with Crippen LogP contribution in [0.1, 0.15) is 52.0 Å². The van der Waals surface area contributed by atoms with Crippen LogP contribution in [0.5, 0.6) is 5.75 Å². The molecule has 0 aliphatic heterocycles. The summed E-state index contributed by atoms with van der Waals surface area (Å²) in [5, 5.41) is 3.96. The zero-order chi connectivity index (χ0) is 16.4. The summed E-state index contributed by atoms with van der Waals surface area (Å²) in [6.07, 6.45) is 4.87. The van der Waals surface area contributed by atoms with Crippen LogP contribution < -0.4 is 15.8 Å². The Morgan fingerprint density at radius 3 is 2.64 bits per heavy atom. The Bertz CT molecular complexity index is 731. The molecule has 138 valence electrons. The van der Waals surface area contributed by atoms with E-state index in [1.807, 2.05) is 6.92 Å². The number of nitrogens with zero attached hydrogens (tertiary/aromatic N) is 1. The van der Waals surface area contributed by atoms with E-state index in [1.54, 1.807) is 25.3 Å². The maximum absolute atomic E-state index is 12.6. The lowest BCUT2D eigenvalue weighted by molar-refractivity contribution is 0.103. The number of nitrogen functional groups attached to an aromatic ring is 1. The molecule has 1 aromatic heterocycles. The Labute approximate surface area is 164 Å². The molecule has 1 fully saturated rings. The van der Waals surface area contributed by atoms with Gasteiger partial charge in [0.05, 0.1) is 29.2 Å². The first-order valence-corrected chi connectivity index (χ1v) is 8.62. The van der Waals surface area contributed by atoms with Crippen molar-refractivity contribution in [3.05, 3.63) is 33.8 Å². The molecule has 0 atom stereocenters. The zero-order valence-corrected chi connectivity index (χ0v) is 16.7. The fourth-order valence-corrected chi connectivity index (χ4v) is 4.06. The van der Waals surface area contributed by atoms with E-state index in [1.165, 1.54) is 37.0 Å². The second-order valence-electron chi connectivity index (χ2n) is 5.86. The number of anilines is 2. The predicted octanol–water partition coefficient (Wildman–Crippen LogP) is 4.80. The third-order valence-electron chi connectivity index (χ3n) is 4.23. The Morgan fingerprint density at radius 2 is 2.00 bits per heavy atom. The Balaban J connectivity index is 0.00000156. The molecule has 1 heterocycles. The average molecular weight is 404 g/mol. The second-order valence-corrected chi connectivity index (χ2v) is 6.89. The van der Waals surface area contributed by atoms with E-state index in [-0.39, 0.29) is 30.7 Å². The highest BCUT2D eigenvalue weighted by Crippen LogP contribution is 2.37. The number of ether oxygens (including phenoxy) is 1. The third-order valence-corrected chi connectivity index (χ3v) is 5.55. The fraction of sp³-hybridized carbons (Fsp3) is 0.412. The van der Waals surface area contributed by atoms with Crippen molar-refractivity contribution in [1.82, 2.24) is 4.98 Å². The van der Waals surface area contributed by atoms with E-state index >= 15 is 0 Å². The molecule has 5 nitrogen and oxygen atoms in total. The monoisotopic (exact) mass is 403 g/mol. The van der Waals surface area contributed by atoms with Gasteiger partial charge in [-0.3, -0.25) is 4.79 Å². The summed E-state index contributed by atoms with van der Waals surface area (Å²) in [5.41, 5.74) is 7.79. The zero-order valence-electron chi connectivity index (χ0n) is 14.2. The highest BCUT2D eigenvalue weighted by Gasteiger charge is 2.24. The van der Waals surface area contributed by atoms with Crippen LogP contribution >= 0.6 is 36.2 Å². The Hall–Kier alpha value is -1.50. The summed E-state index contributed by atoms with van der Waals surface area (Å²) in [5.74, 6) is 1.01. The molecule has 0 radical (unpaired) electrons. The fourth-order valence-electron chi connectivity index (χ4n) is 2.93. The van der Waals surface area contributed by atoms with Gasteiger partial charge in [0.25, 0.3) is 5.91 Å². The molecule has 1 aromatic carbocycles. The number of benzene rings is 1. The van der Waals surface area contributed by atoms with Gasteiger partial charge in [0.15, 0.2) is 0 Å². The summed E-state index contributed by atoms with van der Waals surface area (Å²) in [6.45, 7) is 1.89. The molecule has 1 amide bonds. The molecule has 3 rings (SSSR count). The van der Waals surface area contributed by atoms with Crippen molar-refractivity contribution in [3.8, 4) is 5.75 Å². The number of halogens is 2. The molecular weight excluding hydrogens is 381 g/mol. The van der Waals surface area contributed by atoms with Gasteiger partial charge in [-0.25, -0.2) is 4.98 Å². The van der Waals surface area contributed by atoms with Crippen molar-refractivity contribution in [2.24, 2.45) is 0 Å². The molecule has 2 aromatic rings. The Morgan fingerprint density at radius 1 is 1.32 bits per heavy atom. The van der Waals surface area contributed by atoms with E-state index in [4.69, 9.17) is 10.5 Å². The highest BCUT2D eigenvalue weighted by atomic mass is 35.5. The lowest BCUT2D eigenvalue weighted by Gasteiger charge is -2.09. The van der Waals surface area contributed by atoms with Crippen molar-refractivity contribution < 1.29 is 9.53 Å². The normalized spacial score (nSPS) is 13.7. The molecular formula is C17H23Cl2N3O2S. The standard InChI is InChI=1S/C17H21N3O2S.2ClH/c1-10-15(23-17(19-10)11-5-3-4-6-11)16(21)20-14-9-12(22-2)7-8-13(14)18;;/h7-9,11H,3-6,18H2,1-2H3,(H,20,21);2*1H. The summed E-state index contributed by atoms with van der Waals surface area (Å²) in [4.78, 5) is 17.9. The number of methoxy groups -OCH3 is 1. The number of nitrogens with two attached hydrogens (primary N) is 1. The number of aromatic nitrogens is 1. The van der Waals surface area contributed by atoms with E-state index in [0.717, 1.165) is 10.7 Å². The highest BCUT2D eigenvalue weighted by molar-refractivity contribution is 7.14. The SMILES string of the molecule is COc1ccc(N)c(NC(=O)c2sc(C3CCCC3)nc2C)c1.Cl.Cl. The van der Waals surface area contributed by atoms with Crippen LogP contribution in [0.25, 0.3) is 0 Å². The molecule has 0 saturated heterocycles. The number of carbonyl (C=O) groups is 1. The molecule has 8 heteroatoms. The van der Waals surface area contributed by atoms with Crippen LogP contribution in [0.15, 0.2) is 18.2 Å². The topological polar surface area (TPSA) is 77.2 Å². The number of amides is 1. The van der Waals surface area contributed by atoms with Gasteiger partial charge < -0.3 is 15.8 Å². The van der Waals surface area contributed by atoms with Crippen LogP contribution in [0.3, 0.4) is 0 Å². The van der Waals surface area contributed by atoms with Crippen LogP contribution in [0.4, 0.5) is 11.4 Å². The third kappa shape index (κ3) is 4.77. The minimum Gasteiger partial charge on any atom is -0.497 e. The van der Waals surface area contributed by atoms with Crippen molar-refractivity contribution >= 4 is 53.4 Å². The molecule has 0 bridgehead atoms. The minimum absolute atomic E-state index is 0. The van der Waals surface area contributed by atoms with Gasteiger partial charge >= 0.3 is 0 Å². The molecule has 0 unspecified atom stereocenters. The molecule has 1 aliphatic rings. The van der Waals surface area contributed by atoms with Gasteiger partial charge in [0, 0.05) is 12.0 Å². The van der Waals surface area contributed by atoms with Crippen molar-refractivity contribution in [3.63, 3.8) is 0 Å². The molecule has 1 aliphatic carbocycles. The number of rotatable bonds is 4. The van der Waals surface area contributed by atoms with Crippen LogP contribution in [0, 0.1) is 6.92 Å². The van der Waals surface area contributed by atoms with Gasteiger partial charge in [0.2, 0.25) is 0 Å². The van der Waals surface area contributed by atoms with E-state index < -0.39 is 0 Å². The molecule has 0 spiro atoms. The summed E-state index contributed by atoms with van der Waals surface area (Å²) in [7, 11) is 1.58. The maximum Gasteiger partial charge on any atom is 0.267 e. The number of hydrogen-bond acceptors (Lipinski definition) is 5. The second kappa shape index (κ2) is 9.27. The van der Waals surface area contributed by atoms with Gasteiger partial charge in [-0.2, -0.15) is 0 Å². The van der Waals surface area contributed by atoms with Gasteiger partial charge in [0.1, 0.15) is 10.6 Å². The van der Waals surface area contributed by atoms with Crippen molar-refractivity contribution in [2.75, 3.05) is 18.2 Å². The maximum atomic E-state index is 12.6. The minimum atomic E-state index is -0.163. The average Bonchev–Trinajstić information content (AvgIpc) is 3.18. The first kappa shape index (κ1) is 21.5. The number of thiazole rings is 1. The lowest BCUT2D eigenvalue weighted by atomic mass is 10.1. The summed E-state index contributed by atoms with van der Waals surface area (Å²) in [6, 6.07) is 5.21. The van der Waals surface area contributed by atoms with Gasteiger partial charge in [-0.05, 0) is 31.9 Å². The summed E-state index contributed by atoms with van der Waals surface area (Å²) < 4.78 is 5.18. The van der Waals surface area contributed by atoms with Crippen LogP contribution in [-0.4, -0.2) is 18.0 Å². The number of carbonyl (C=O) groups excluding carboxylic acids is 1. The largest absolute Gasteiger partial charge is 0.497 e. The van der Waals surface area contributed by atoms with Gasteiger partial charge in [-0.1, -0.05) is 12.8 Å². The smallest absolute Gasteiger partial charge is 0.267 e. The van der Waals surface area contributed by atoms with E-state index in [2.05, 4.69) is 10.3 Å². The number of aryl methyl sites for hydroxylation is 1. The molecule has 1 saturated carbocycles. The predicted molar refractivity (Wildman–Crippen MR) is 108 cm³/mol. The summed E-state index contributed by atoms with van der Waals surface area (Å²) >= 11 is 1.50. The van der Waals surface area contributed by atoms with Crippen molar-refractivity contribution in [2.45, 2.75) is 38.5 Å². The first-order valence-electron chi connectivity index (χ1n) is 7.80. The molecule has 3 N–H and O–H groups in total. The van der Waals surface area contributed by atoms with E-state index in [9.17, 15) is 4.79 Å². The molecule has 25 heavy (non-hydrogen) atoms. The Kier molecular flexibility index (Phi) is 7.99. The van der Waals surface area contributed by atoms with Crippen molar-refractivity contribution in [1.29, 1.82) is 0 Å². The number of hydrogen-bond donors (Lipinski definition) is 2. The van der Waals surface area contributed by atoms with Gasteiger partial charge in [-0.15, -0.1) is 36.2 Å². The van der Waals surface area contributed by atoms with E-state index in [0.29, 0.717) is 27.9 Å². The van der Waals surface area contributed by atoms with Crippen LogP contribution in [-0.2, 0) is 0 Å². The first-order chi connectivity index (χ1) is 11.1. The van der Waals surface area contributed by atoms with Crippen LogP contribution in [0.2, 0.25) is 0 Å².